The number of amides is 2. The van der Waals surface area contributed by atoms with E-state index < -0.39 is 12.1 Å². The average Bonchev–Trinajstić information content (AvgIpc) is 2.77. The molecule has 0 aromatic heterocycles. The van der Waals surface area contributed by atoms with Crippen LogP contribution in [-0.4, -0.2) is 46.7 Å². The Kier molecular flexibility index (Phi) is 8.32. The highest BCUT2D eigenvalue weighted by Crippen LogP contribution is 2.41. The van der Waals surface area contributed by atoms with E-state index in [-0.39, 0.29) is 31.6 Å². The van der Waals surface area contributed by atoms with Gasteiger partial charge in [-0.05, 0) is 41.8 Å². The lowest BCUT2D eigenvalue weighted by Gasteiger charge is -2.46. The second-order valence-corrected chi connectivity index (χ2v) is 8.23. The monoisotopic (exact) mass is 464 g/mol. The van der Waals surface area contributed by atoms with E-state index in [1.165, 1.54) is 10.0 Å². The fourth-order valence-electron chi connectivity index (χ4n) is 3.70. The van der Waals surface area contributed by atoms with Crippen molar-refractivity contribution in [3.05, 3.63) is 69.7 Å². The number of benzene rings is 2. The molecule has 0 spiro atoms. The number of aliphatic hydroxyl groups excluding tert-OH is 1. The van der Waals surface area contributed by atoms with Crippen LogP contribution in [0.15, 0.2) is 48.5 Å². The van der Waals surface area contributed by atoms with E-state index >= 15 is 0 Å². The Morgan fingerprint density at radius 1 is 1.10 bits per heavy atom. The lowest BCUT2D eigenvalue weighted by atomic mass is 9.93. The smallest absolute Gasteiger partial charge is 0.267 e. The SMILES string of the molecule is CCCCC(=O)N(CCO)N1C(=O)CO[C@H](c2ccc(Cl)cc2)[C@@H]1c1ccc(Cl)cc1. The van der Waals surface area contributed by atoms with Crippen molar-refractivity contribution < 1.29 is 19.4 Å². The standard InChI is InChI=1S/C23H26Cl2N2O4/c1-2-3-4-20(29)26(13-14-28)27-21(30)15-31-23(17-7-11-19(25)12-8-17)22(27)16-5-9-18(24)10-6-16/h5-12,22-23,28H,2-4,13-15H2,1H3/t22-,23+/m0/s1. The summed E-state index contributed by atoms with van der Waals surface area (Å²) in [6.45, 7) is 1.57. The molecule has 1 aliphatic rings. The van der Waals surface area contributed by atoms with Gasteiger partial charge in [-0.3, -0.25) is 9.59 Å². The number of carbonyl (C=O) groups excluding carboxylic acids is 2. The molecule has 2 amide bonds. The zero-order chi connectivity index (χ0) is 22.4. The molecule has 1 N–H and O–H groups in total. The number of unbranched alkanes of at least 4 members (excludes halogenated alkanes) is 1. The second kappa shape index (κ2) is 11.0. The van der Waals surface area contributed by atoms with Gasteiger partial charge in [0, 0.05) is 16.5 Å². The first-order chi connectivity index (χ1) is 15.0. The maximum atomic E-state index is 13.0. The Balaban J connectivity index is 2.07. The van der Waals surface area contributed by atoms with Gasteiger partial charge in [-0.15, -0.1) is 0 Å². The van der Waals surface area contributed by atoms with Gasteiger partial charge in [0.25, 0.3) is 5.91 Å². The molecule has 1 aliphatic heterocycles. The maximum Gasteiger partial charge on any atom is 0.267 e. The number of morpholine rings is 1. The Hall–Kier alpha value is -2.12. The van der Waals surface area contributed by atoms with E-state index in [1.54, 1.807) is 24.3 Å². The van der Waals surface area contributed by atoms with Gasteiger partial charge in [0.1, 0.15) is 18.8 Å². The van der Waals surface area contributed by atoms with Crippen molar-refractivity contribution >= 4 is 35.0 Å². The third-order valence-electron chi connectivity index (χ3n) is 5.21. The van der Waals surface area contributed by atoms with Crippen molar-refractivity contribution in [2.24, 2.45) is 0 Å². The topological polar surface area (TPSA) is 70.1 Å². The van der Waals surface area contributed by atoms with Crippen LogP contribution in [0.3, 0.4) is 0 Å². The molecule has 1 fully saturated rings. The van der Waals surface area contributed by atoms with Crippen LogP contribution in [0.1, 0.15) is 49.5 Å². The highest BCUT2D eigenvalue weighted by atomic mass is 35.5. The van der Waals surface area contributed by atoms with Crippen molar-refractivity contribution in [2.45, 2.75) is 38.3 Å². The minimum absolute atomic E-state index is 0.0196. The molecule has 1 saturated heterocycles. The third kappa shape index (κ3) is 5.57. The summed E-state index contributed by atoms with van der Waals surface area (Å²) in [6.07, 6.45) is 1.31. The maximum absolute atomic E-state index is 13.0. The van der Waals surface area contributed by atoms with Gasteiger partial charge in [-0.2, -0.15) is 0 Å². The Bertz CT molecular complexity index is 889. The van der Waals surface area contributed by atoms with Crippen LogP contribution in [0.5, 0.6) is 0 Å². The van der Waals surface area contributed by atoms with Crippen molar-refractivity contribution in [3.8, 4) is 0 Å². The van der Waals surface area contributed by atoms with Gasteiger partial charge >= 0.3 is 0 Å². The molecule has 2 atom stereocenters. The van der Waals surface area contributed by atoms with Crippen LogP contribution in [-0.2, 0) is 14.3 Å². The van der Waals surface area contributed by atoms with Gasteiger partial charge in [-0.1, -0.05) is 60.8 Å². The van der Waals surface area contributed by atoms with E-state index in [9.17, 15) is 14.7 Å². The first kappa shape index (κ1) is 23.5. The lowest BCUT2D eigenvalue weighted by molar-refractivity contribution is -0.198. The number of hydrogen-bond donors (Lipinski definition) is 1. The third-order valence-corrected chi connectivity index (χ3v) is 5.71. The minimum Gasteiger partial charge on any atom is -0.394 e. The summed E-state index contributed by atoms with van der Waals surface area (Å²) in [5, 5.41) is 13.6. The Labute approximate surface area is 192 Å². The van der Waals surface area contributed by atoms with Crippen LogP contribution in [0.25, 0.3) is 0 Å². The summed E-state index contributed by atoms with van der Waals surface area (Å²) in [7, 11) is 0. The number of rotatable bonds is 8. The molecule has 0 unspecified atom stereocenters. The summed E-state index contributed by atoms with van der Waals surface area (Å²) >= 11 is 12.1. The number of ether oxygens (including phenoxy) is 1. The highest BCUT2D eigenvalue weighted by Gasteiger charge is 2.43. The molecule has 31 heavy (non-hydrogen) atoms. The lowest BCUT2D eigenvalue weighted by Crippen LogP contribution is -2.57. The molecule has 2 aromatic rings. The van der Waals surface area contributed by atoms with Gasteiger partial charge in [0.2, 0.25) is 5.91 Å². The van der Waals surface area contributed by atoms with Crippen molar-refractivity contribution in [3.63, 3.8) is 0 Å². The molecule has 0 saturated carbocycles. The minimum atomic E-state index is -0.614. The van der Waals surface area contributed by atoms with Gasteiger partial charge in [-0.25, -0.2) is 10.0 Å². The fraction of sp³-hybridized carbons (Fsp3) is 0.391. The van der Waals surface area contributed by atoms with E-state index in [0.29, 0.717) is 22.9 Å². The van der Waals surface area contributed by atoms with Crippen molar-refractivity contribution in [1.29, 1.82) is 0 Å². The second-order valence-electron chi connectivity index (χ2n) is 7.36. The molecule has 0 aliphatic carbocycles. The fourth-order valence-corrected chi connectivity index (χ4v) is 3.95. The van der Waals surface area contributed by atoms with Crippen LogP contribution in [0.4, 0.5) is 0 Å². The van der Waals surface area contributed by atoms with E-state index in [1.807, 2.05) is 31.2 Å². The predicted molar refractivity (Wildman–Crippen MR) is 120 cm³/mol. The molecule has 3 rings (SSSR count). The number of nitrogens with zero attached hydrogens (tertiary/aromatic N) is 2. The first-order valence-corrected chi connectivity index (χ1v) is 11.1. The summed E-state index contributed by atoms with van der Waals surface area (Å²) in [5.74, 6) is -0.552. The highest BCUT2D eigenvalue weighted by molar-refractivity contribution is 6.30. The molecule has 0 radical (unpaired) electrons. The van der Waals surface area contributed by atoms with Gasteiger partial charge < -0.3 is 9.84 Å². The molecule has 8 heteroatoms. The quantitative estimate of drug-likeness (QED) is 0.621. The number of halogens is 2. The first-order valence-electron chi connectivity index (χ1n) is 10.3. The number of hydrazine groups is 1. The van der Waals surface area contributed by atoms with E-state index in [2.05, 4.69) is 0 Å². The number of carbonyl (C=O) groups is 2. The zero-order valence-electron chi connectivity index (χ0n) is 17.3. The summed E-state index contributed by atoms with van der Waals surface area (Å²) in [4.78, 5) is 26.0. The van der Waals surface area contributed by atoms with Crippen LogP contribution in [0.2, 0.25) is 10.0 Å². The molecule has 6 nitrogen and oxygen atoms in total. The zero-order valence-corrected chi connectivity index (χ0v) is 18.9. The van der Waals surface area contributed by atoms with E-state index in [0.717, 1.165) is 17.5 Å². The molecule has 0 bridgehead atoms. The van der Waals surface area contributed by atoms with Gasteiger partial charge in [0.15, 0.2) is 0 Å². The average molecular weight is 465 g/mol. The molecule has 1 heterocycles. The number of hydrogen-bond acceptors (Lipinski definition) is 4. The molecular formula is C23H26Cl2N2O4. The normalized spacial score (nSPS) is 18.8. The summed E-state index contributed by atoms with van der Waals surface area (Å²) in [5.41, 5.74) is 1.59. The van der Waals surface area contributed by atoms with Crippen molar-refractivity contribution in [2.75, 3.05) is 19.8 Å². The molecular weight excluding hydrogens is 439 g/mol. The molecule has 2 aromatic carbocycles. The summed E-state index contributed by atoms with van der Waals surface area (Å²) in [6, 6.07) is 13.7. The number of aliphatic hydroxyl groups is 1. The Morgan fingerprint density at radius 2 is 1.68 bits per heavy atom. The van der Waals surface area contributed by atoms with Crippen LogP contribution in [0, 0.1) is 0 Å². The molecule has 166 valence electrons. The largest absolute Gasteiger partial charge is 0.394 e. The van der Waals surface area contributed by atoms with Crippen LogP contribution >= 0.6 is 23.2 Å². The van der Waals surface area contributed by atoms with Crippen molar-refractivity contribution in [1.82, 2.24) is 10.0 Å². The van der Waals surface area contributed by atoms with E-state index in [4.69, 9.17) is 27.9 Å². The van der Waals surface area contributed by atoms with Crippen LogP contribution < -0.4 is 0 Å². The Morgan fingerprint density at radius 3 is 2.23 bits per heavy atom. The van der Waals surface area contributed by atoms with Gasteiger partial charge in [0.05, 0.1) is 13.2 Å². The predicted octanol–water partition coefficient (Wildman–Crippen LogP) is 4.56. The summed E-state index contributed by atoms with van der Waals surface area (Å²) < 4.78 is 5.97.